The second-order valence-corrected chi connectivity index (χ2v) is 6.48. The van der Waals surface area contributed by atoms with E-state index in [1.165, 1.54) is 9.75 Å². The molecule has 0 unspecified atom stereocenters. The van der Waals surface area contributed by atoms with Crippen LogP contribution in [0.5, 0.6) is 0 Å². The lowest BCUT2D eigenvalue weighted by Crippen LogP contribution is -2.29. The maximum atomic E-state index is 8.82. The molecule has 2 nitrogen and oxygen atoms in total. The van der Waals surface area contributed by atoms with Gasteiger partial charge in [0.25, 0.3) is 0 Å². The average Bonchev–Trinajstić information content (AvgIpc) is 2.61. The van der Waals surface area contributed by atoms with Crippen LogP contribution in [-0.4, -0.2) is 18.3 Å². The van der Waals surface area contributed by atoms with Crippen molar-refractivity contribution in [2.45, 2.75) is 40.2 Å². The Morgan fingerprint density at radius 2 is 2.12 bits per heavy atom. The molecule has 0 bridgehead atoms. The second-order valence-electron chi connectivity index (χ2n) is 5.11. The molecule has 0 radical (unpaired) electrons. The molecule has 1 aromatic heterocycles. The lowest BCUT2D eigenvalue weighted by atomic mass is 9.88. The molecular weight excluding hydrogens is 218 g/mol. The Bertz CT molecular complexity index is 307. The zero-order valence-electron chi connectivity index (χ0n) is 10.5. The quantitative estimate of drug-likeness (QED) is 0.769. The third-order valence-electron chi connectivity index (χ3n) is 2.71. The third kappa shape index (κ3) is 5.10. The van der Waals surface area contributed by atoms with Crippen LogP contribution in [0.1, 0.15) is 36.4 Å². The number of hydrogen-bond donors (Lipinski definition) is 2. The van der Waals surface area contributed by atoms with Crippen LogP contribution >= 0.6 is 11.3 Å². The fourth-order valence-corrected chi connectivity index (χ4v) is 2.61. The number of aryl methyl sites for hydroxylation is 1. The Morgan fingerprint density at radius 1 is 1.38 bits per heavy atom. The fraction of sp³-hybridized carbons (Fsp3) is 0.692. The SMILES string of the molecule is Cc1ccc(CNCC(C)(C)CCCO)s1. The summed E-state index contributed by atoms with van der Waals surface area (Å²) >= 11 is 1.85. The molecular formula is C13H23NOS. The van der Waals surface area contributed by atoms with Crippen LogP contribution < -0.4 is 5.32 Å². The number of thiophene rings is 1. The van der Waals surface area contributed by atoms with Crippen molar-refractivity contribution in [3.05, 3.63) is 21.9 Å². The molecule has 0 spiro atoms. The minimum Gasteiger partial charge on any atom is -0.396 e. The molecule has 0 atom stereocenters. The lowest BCUT2D eigenvalue weighted by Gasteiger charge is -2.24. The average molecular weight is 241 g/mol. The number of hydrogen-bond acceptors (Lipinski definition) is 3. The molecule has 1 heterocycles. The monoisotopic (exact) mass is 241 g/mol. The van der Waals surface area contributed by atoms with E-state index in [2.05, 4.69) is 38.2 Å². The zero-order valence-corrected chi connectivity index (χ0v) is 11.4. The molecule has 0 aromatic carbocycles. The smallest absolute Gasteiger partial charge is 0.0431 e. The van der Waals surface area contributed by atoms with Gasteiger partial charge in [0.15, 0.2) is 0 Å². The molecule has 3 heteroatoms. The Kier molecular flexibility index (Phi) is 5.46. The summed E-state index contributed by atoms with van der Waals surface area (Å²) in [6, 6.07) is 4.35. The molecule has 0 fully saturated rings. The Hall–Kier alpha value is -0.380. The van der Waals surface area contributed by atoms with E-state index in [0.717, 1.165) is 25.9 Å². The van der Waals surface area contributed by atoms with Gasteiger partial charge in [0.1, 0.15) is 0 Å². The molecule has 0 aliphatic rings. The molecule has 0 amide bonds. The second kappa shape index (κ2) is 6.38. The van der Waals surface area contributed by atoms with Crippen LogP contribution in [0.2, 0.25) is 0 Å². The first kappa shape index (κ1) is 13.7. The molecule has 0 aliphatic heterocycles. The Morgan fingerprint density at radius 3 is 2.69 bits per heavy atom. The van der Waals surface area contributed by atoms with Crippen molar-refractivity contribution in [3.8, 4) is 0 Å². The van der Waals surface area contributed by atoms with Gasteiger partial charge in [-0.1, -0.05) is 13.8 Å². The summed E-state index contributed by atoms with van der Waals surface area (Å²) in [5.41, 5.74) is 0.273. The van der Waals surface area contributed by atoms with Gasteiger partial charge in [-0.05, 0) is 37.3 Å². The van der Waals surface area contributed by atoms with Crippen molar-refractivity contribution in [1.29, 1.82) is 0 Å². The molecule has 0 saturated carbocycles. The van der Waals surface area contributed by atoms with Gasteiger partial charge in [0.2, 0.25) is 0 Å². The topological polar surface area (TPSA) is 32.3 Å². The minimum atomic E-state index is 0.273. The van der Waals surface area contributed by atoms with Gasteiger partial charge in [-0.2, -0.15) is 0 Å². The predicted octanol–water partition coefficient (Wildman–Crippen LogP) is 2.94. The number of aliphatic hydroxyl groups is 1. The van der Waals surface area contributed by atoms with Gasteiger partial charge >= 0.3 is 0 Å². The molecule has 92 valence electrons. The van der Waals surface area contributed by atoms with Crippen molar-refractivity contribution in [2.75, 3.05) is 13.2 Å². The summed E-state index contributed by atoms with van der Waals surface area (Å²) < 4.78 is 0. The van der Waals surface area contributed by atoms with Gasteiger partial charge in [-0.3, -0.25) is 0 Å². The highest BCUT2D eigenvalue weighted by Crippen LogP contribution is 2.21. The van der Waals surface area contributed by atoms with Crippen molar-refractivity contribution in [3.63, 3.8) is 0 Å². The largest absolute Gasteiger partial charge is 0.396 e. The molecule has 0 saturated heterocycles. The fourth-order valence-electron chi connectivity index (χ4n) is 1.75. The summed E-state index contributed by atoms with van der Waals surface area (Å²) in [6.45, 7) is 8.89. The predicted molar refractivity (Wildman–Crippen MR) is 70.9 cm³/mol. The highest BCUT2D eigenvalue weighted by Gasteiger charge is 2.16. The van der Waals surface area contributed by atoms with E-state index in [-0.39, 0.29) is 5.41 Å². The van der Waals surface area contributed by atoms with Crippen LogP contribution in [0.4, 0.5) is 0 Å². The van der Waals surface area contributed by atoms with E-state index in [1.54, 1.807) is 0 Å². The van der Waals surface area contributed by atoms with E-state index in [1.807, 2.05) is 11.3 Å². The van der Waals surface area contributed by atoms with Crippen LogP contribution in [-0.2, 0) is 6.54 Å². The summed E-state index contributed by atoms with van der Waals surface area (Å²) in [6.07, 6.45) is 1.97. The normalized spacial score (nSPS) is 12.0. The van der Waals surface area contributed by atoms with Crippen LogP contribution in [0.3, 0.4) is 0 Å². The van der Waals surface area contributed by atoms with Gasteiger partial charge < -0.3 is 10.4 Å². The third-order valence-corrected chi connectivity index (χ3v) is 3.71. The molecule has 1 aromatic rings. The summed E-state index contributed by atoms with van der Waals surface area (Å²) in [4.78, 5) is 2.77. The maximum Gasteiger partial charge on any atom is 0.0431 e. The van der Waals surface area contributed by atoms with Crippen molar-refractivity contribution in [1.82, 2.24) is 5.32 Å². The van der Waals surface area contributed by atoms with E-state index < -0.39 is 0 Å². The first-order chi connectivity index (χ1) is 7.53. The Balaban J connectivity index is 2.24. The molecule has 1 rings (SSSR count). The number of rotatable bonds is 7. The van der Waals surface area contributed by atoms with Crippen LogP contribution in [0.15, 0.2) is 12.1 Å². The van der Waals surface area contributed by atoms with Gasteiger partial charge in [-0.25, -0.2) is 0 Å². The van der Waals surface area contributed by atoms with Crippen molar-refractivity contribution in [2.24, 2.45) is 5.41 Å². The molecule has 0 aliphatic carbocycles. The van der Waals surface area contributed by atoms with Crippen LogP contribution in [0.25, 0.3) is 0 Å². The standard InChI is InChI=1S/C13H23NOS/c1-11-5-6-12(16-11)9-14-10-13(2,3)7-4-8-15/h5-6,14-15H,4,7-10H2,1-3H3. The van der Waals surface area contributed by atoms with Gasteiger partial charge in [0, 0.05) is 29.5 Å². The first-order valence-corrected chi connectivity index (χ1v) is 6.72. The zero-order chi connectivity index (χ0) is 12.0. The first-order valence-electron chi connectivity index (χ1n) is 5.90. The summed E-state index contributed by atoms with van der Waals surface area (Å²) in [5, 5.41) is 12.3. The highest BCUT2D eigenvalue weighted by atomic mass is 32.1. The number of nitrogens with one attached hydrogen (secondary N) is 1. The van der Waals surface area contributed by atoms with E-state index in [9.17, 15) is 0 Å². The molecule has 16 heavy (non-hydrogen) atoms. The lowest BCUT2D eigenvalue weighted by molar-refractivity contribution is 0.236. The summed E-state index contributed by atoms with van der Waals surface area (Å²) in [5.74, 6) is 0. The minimum absolute atomic E-state index is 0.273. The number of aliphatic hydroxyl groups excluding tert-OH is 1. The van der Waals surface area contributed by atoms with E-state index in [0.29, 0.717) is 6.61 Å². The van der Waals surface area contributed by atoms with Gasteiger partial charge in [-0.15, -0.1) is 11.3 Å². The van der Waals surface area contributed by atoms with Crippen molar-refractivity contribution >= 4 is 11.3 Å². The van der Waals surface area contributed by atoms with Crippen LogP contribution in [0, 0.1) is 12.3 Å². The van der Waals surface area contributed by atoms with E-state index >= 15 is 0 Å². The maximum absolute atomic E-state index is 8.82. The highest BCUT2D eigenvalue weighted by molar-refractivity contribution is 7.11. The van der Waals surface area contributed by atoms with E-state index in [4.69, 9.17) is 5.11 Å². The Labute approximate surface area is 103 Å². The summed E-state index contributed by atoms with van der Waals surface area (Å²) in [7, 11) is 0. The van der Waals surface area contributed by atoms with Gasteiger partial charge in [0.05, 0.1) is 0 Å². The van der Waals surface area contributed by atoms with Crippen molar-refractivity contribution < 1.29 is 5.11 Å². The molecule has 2 N–H and O–H groups in total.